The summed E-state index contributed by atoms with van der Waals surface area (Å²) in [4.78, 5) is 2.54. The smallest absolute Gasteiger partial charge is 0.127 e. The molecular formula is C26H29N3O2. The lowest BCUT2D eigenvalue weighted by molar-refractivity contribution is 0.113. The molecule has 0 bridgehead atoms. The van der Waals surface area contributed by atoms with Gasteiger partial charge in [-0.1, -0.05) is 60.7 Å². The van der Waals surface area contributed by atoms with Crippen molar-refractivity contribution in [3.05, 3.63) is 95.6 Å². The Hall–Kier alpha value is -3.31. The van der Waals surface area contributed by atoms with E-state index in [-0.39, 0.29) is 6.04 Å². The van der Waals surface area contributed by atoms with Gasteiger partial charge >= 0.3 is 0 Å². The van der Waals surface area contributed by atoms with Crippen LogP contribution in [-0.4, -0.2) is 56.5 Å². The molecule has 4 rings (SSSR count). The Balaban J connectivity index is 1.47. The van der Waals surface area contributed by atoms with Crippen molar-refractivity contribution >= 4 is 6.21 Å². The van der Waals surface area contributed by atoms with Crippen LogP contribution in [0.3, 0.4) is 0 Å². The maximum atomic E-state index is 5.46. The summed E-state index contributed by atoms with van der Waals surface area (Å²) in [7, 11) is 3.34. The molecule has 0 saturated carbocycles. The fourth-order valence-corrected chi connectivity index (χ4v) is 4.05. The molecule has 1 aliphatic rings. The van der Waals surface area contributed by atoms with Crippen LogP contribution in [0, 0.1) is 0 Å². The Kier molecular flexibility index (Phi) is 6.85. The van der Waals surface area contributed by atoms with Crippen LogP contribution in [0.2, 0.25) is 0 Å². The van der Waals surface area contributed by atoms with Crippen molar-refractivity contribution in [3.8, 4) is 11.5 Å². The quantitative estimate of drug-likeness (QED) is 0.535. The van der Waals surface area contributed by atoms with Gasteiger partial charge in [0.05, 0.1) is 26.5 Å². The van der Waals surface area contributed by atoms with E-state index in [9.17, 15) is 0 Å². The first kappa shape index (κ1) is 20.9. The van der Waals surface area contributed by atoms with Crippen molar-refractivity contribution in [1.82, 2.24) is 9.91 Å². The first-order chi connectivity index (χ1) is 15.3. The molecule has 3 aromatic rings. The van der Waals surface area contributed by atoms with Crippen molar-refractivity contribution in [2.75, 3.05) is 40.4 Å². The van der Waals surface area contributed by atoms with E-state index in [0.29, 0.717) is 0 Å². The van der Waals surface area contributed by atoms with Gasteiger partial charge in [0.25, 0.3) is 0 Å². The number of ether oxygens (including phenoxy) is 2. The second kappa shape index (κ2) is 10.1. The summed E-state index contributed by atoms with van der Waals surface area (Å²) in [5, 5.41) is 6.85. The molecule has 160 valence electrons. The Morgan fingerprint density at radius 1 is 0.774 bits per heavy atom. The summed E-state index contributed by atoms with van der Waals surface area (Å²) in [6, 6.07) is 27.5. The van der Waals surface area contributed by atoms with Gasteiger partial charge in [-0.2, -0.15) is 5.10 Å². The molecule has 0 radical (unpaired) electrons. The van der Waals surface area contributed by atoms with Crippen LogP contribution in [0.4, 0.5) is 0 Å². The van der Waals surface area contributed by atoms with Gasteiger partial charge < -0.3 is 9.47 Å². The predicted molar refractivity (Wildman–Crippen MR) is 125 cm³/mol. The summed E-state index contributed by atoms with van der Waals surface area (Å²) in [6.07, 6.45) is 1.86. The van der Waals surface area contributed by atoms with E-state index in [1.165, 1.54) is 11.1 Å². The topological polar surface area (TPSA) is 37.3 Å². The lowest BCUT2D eigenvalue weighted by atomic mass is 9.96. The average Bonchev–Trinajstić information content (AvgIpc) is 2.85. The number of methoxy groups -OCH3 is 2. The van der Waals surface area contributed by atoms with Crippen LogP contribution in [0.1, 0.15) is 22.7 Å². The molecular weight excluding hydrogens is 386 g/mol. The summed E-state index contributed by atoms with van der Waals surface area (Å²) >= 11 is 0. The molecule has 5 nitrogen and oxygen atoms in total. The largest absolute Gasteiger partial charge is 0.497 e. The molecule has 0 spiro atoms. The highest BCUT2D eigenvalue weighted by molar-refractivity contribution is 5.84. The Morgan fingerprint density at radius 2 is 1.39 bits per heavy atom. The number of nitrogens with zero attached hydrogens (tertiary/aromatic N) is 3. The van der Waals surface area contributed by atoms with E-state index in [4.69, 9.17) is 14.6 Å². The molecule has 31 heavy (non-hydrogen) atoms. The highest BCUT2D eigenvalue weighted by Crippen LogP contribution is 2.29. The van der Waals surface area contributed by atoms with Crippen molar-refractivity contribution in [2.45, 2.75) is 6.04 Å². The van der Waals surface area contributed by atoms with Crippen LogP contribution in [-0.2, 0) is 0 Å². The highest BCUT2D eigenvalue weighted by Gasteiger charge is 2.25. The molecule has 5 heteroatoms. The van der Waals surface area contributed by atoms with Crippen LogP contribution in [0.5, 0.6) is 11.5 Å². The molecule has 0 unspecified atom stereocenters. The number of hydrogen-bond donors (Lipinski definition) is 0. The van der Waals surface area contributed by atoms with E-state index in [0.717, 1.165) is 43.2 Å². The van der Waals surface area contributed by atoms with Gasteiger partial charge in [-0.3, -0.25) is 9.91 Å². The monoisotopic (exact) mass is 415 g/mol. The number of piperazine rings is 1. The van der Waals surface area contributed by atoms with Crippen LogP contribution < -0.4 is 9.47 Å². The fraction of sp³-hybridized carbons (Fsp3) is 0.269. The van der Waals surface area contributed by atoms with E-state index in [1.54, 1.807) is 14.2 Å². The van der Waals surface area contributed by atoms with Crippen molar-refractivity contribution in [1.29, 1.82) is 0 Å². The third-order valence-corrected chi connectivity index (χ3v) is 5.68. The minimum absolute atomic E-state index is 0.256. The minimum atomic E-state index is 0.256. The number of benzene rings is 3. The number of rotatable bonds is 7. The third kappa shape index (κ3) is 5.06. The Labute approximate surface area is 184 Å². The van der Waals surface area contributed by atoms with Crippen molar-refractivity contribution in [2.24, 2.45) is 5.10 Å². The lowest BCUT2D eigenvalue weighted by Gasteiger charge is -2.38. The Bertz CT molecular complexity index is 945. The van der Waals surface area contributed by atoms with Gasteiger partial charge in [-0.25, -0.2) is 0 Å². The minimum Gasteiger partial charge on any atom is -0.497 e. The first-order valence-corrected chi connectivity index (χ1v) is 10.6. The van der Waals surface area contributed by atoms with Crippen LogP contribution in [0.25, 0.3) is 0 Å². The summed E-state index contributed by atoms with van der Waals surface area (Å²) in [6.45, 7) is 3.64. The molecule has 1 heterocycles. The normalized spacial score (nSPS) is 14.9. The average molecular weight is 416 g/mol. The number of hydrazone groups is 1. The molecule has 0 atom stereocenters. The van der Waals surface area contributed by atoms with Crippen molar-refractivity contribution < 1.29 is 9.47 Å². The van der Waals surface area contributed by atoms with E-state index >= 15 is 0 Å². The van der Waals surface area contributed by atoms with Gasteiger partial charge in [0, 0.05) is 31.7 Å². The summed E-state index contributed by atoms with van der Waals surface area (Å²) < 4.78 is 10.8. The molecule has 1 fully saturated rings. The summed E-state index contributed by atoms with van der Waals surface area (Å²) in [5.74, 6) is 1.58. The predicted octanol–water partition coefficient (Wildman–Crippen LogP) is 4.44. The standard InChI is InChI=1S/C26H29N3O2/c1-30-24-13-14-25(31-2)23(19-24)20-27-29-17-15-28(16-18-29)26(21-9-5-3-6-10-21)22-11-7-4-8-12-22/h3-14,19-20,26H,15-18H2,1-2H3. The van der Waals surface area contributed by atoms with Crippen LogP contribution in [0.15, 0.2) is 84.0 Å². The summed E-state index contributed by atoms with van der Waals surface area (Å²) in [5.41, 5.74) is 3.56. The maximum absolute atomic E-state index is 5.46. The molecule has 0 aromatic heterocycles. The first-order valence-electron chi connectivity index (χ1n) is 10.6. The zero-order chi connectivity index (χ0) is 21.5. The Morgan fingerprint density at radius 3 is 1.94 bits per heavy atom. The third-order valence-electron chi connectivity index (χ3n) is 5.68. The second-order valence-electron chi connectivity index (χ2n) is 7.57. The maximum Gasteiger partial charge on any atom is 0.127 e. The molecule has 0 N–H and O–H groups in total. The zero-order valence-corrected chi connectivity index (χ0v) is 18.1. The zero-order valence-electron chi connectivity index (χ0n) is 18.1. The van der Waals surface area contributed by atoms with E-state index < -0.39 is 0 Å². The van der Waals surface area contributed by atoms with Gasteiger partial charge in [-0.15, -0.1) is 0 Å². The molecule has 0 aliphatic carbocycles. The lowest BCUT2D eigenvalue weighted by Crippen LogP contribution is -2.45. The number of hydrogen-bond acceptors (Lipinski definition) is 5. The van der Waals surface area contributed by atoms with Crippen molar-refractivity contribution in [3.63, 3.8) is 0 Å². The van der Waals surface area contributed by atoms with Crippen LogP contribution >= 0.6 is 0 Å². The van der Waals surface area contributed by atoms with Gasteiger partial charge in [-0.05, 0) is 29.3 Å². The van der Waals surface area contributed by atoms with E-state index in [2.05, 4.69) is 70.6 Å². The fourth-order valence-electron chi connectivity index (χ4n) is 4.05. The van der Waals surface area contributed by atoms with E-state index in [1.807, 2.05) is 24.4 Å². The SMILES string of the molecule is COc1ccc(OC)c(C=NN2CCN(C(c3ccccc3)c3ccccc3)CC2)c1. The van der Waals surface area contributed by atoms with Gasteiger partial charge in [0.2, 0.25) is 0 Å². The second-order valence-corrected chi connectivity index (χ2v) is 7.57. The van der Waals surface area contributed by atoms with Gasteiger partial charge in [0.15, 0.2) is 0 Å². The van der Waals surface area contributed by atoms with Gasteiger partial charge in [0.1, 0.15) is 11.5 Å². The molecule has 3 aromatic carbocycles. The molecule has 1 saturated heterocycles. The molecule has 0 amide bonds. The highest BCUT2D eigenvalue weighted by atomic mass is 16.5. The molecule has 1 aliphatic heterocycles.